The molecule has 15 heteroatoms. The van der Waals surface area contributed by atoms with E-state index in [4.69, 9.17) is 20.5 Å². The first kappa shape index (κ1) is 24.0. The second kappa shape index (κ2) is 9.66. The monoisotopic (exact) mass is 465 g/mol. The third-order valence-electron chi connectivity index (χ3n) is 3.53. The van der Waals surface area contributed by atoms with Gasteiger partial charge >= 0.3 is 23.4 Å². The summed E-state index contributed by atoms with van der Waals surface area (Å²) in [5.41, 5.74) is 3.95. The number of nitro groups is 1. The van der Waals surface area contributed by atoms with E-state index >= 15 is 0 Å². The molecular weight excluding hydrogens is 450 g/mol. The largest absolute Gasteiger partial charge is 0.463 e. The molecule has 1 aromatic carbocycles. The summed E-state index contributed by atoms with van der Waals surface area (Å²) in [7, 11) is -4.14. The van der Waals surface area contributed by atoms with Crippen molar-refractivity contribution in [3.63, 3.8) is 0 Å². The van der Waals surface area contributed by atoms with E-state index in [2.05, 4.69) is 14.7 Å². The Kier molecular flexibility index (Phi) is 7.23. The van der Waals surface area contributed by atoms with Gasteiger partial charge in [-0.3, -0.25) is 14.9 Å². The SMILES string of the molecule is CCOC(=O)COc1nc(S(C)(=O)=O)nc(Oc2cc(C#N)ccc2C(N)=O)c1[N+](=O)[O-]. The molecule has 0 aliphatic heterocycles. The first-order valence-corrected chi connectivity index (χ1v) is 10.4. The normalized spacial score (nSPS) is 10.7. The van der Waals surface area contributed by atoms with E-state index in [9.17, 15) is 28.1 Å². The molecular formula is C17H15N5O9S. The Bertz CT molecular complexity index is 1240. The van der Waals surface area contributed by atoms with Gasteiger partial charge in [0.15, 0.2) is 6.61 Å². The van der Waals surface area contributed by atoms with Gasteiger partial charge in [0.05, 0.1) is 28.7 Å². The van der Waals surface area contributed by atoms with Gasteiger partial charge in [-0.25, -0.2) is 13.2 Å². The molecule has 0 radical (unpaired) electrons. The van der Waals surface area contributed by atoms with E-state index < -0.39 is 61.6 Å². The molecule has 2 N–H and O–H groups in total. The van der Waals surface area contributed by atoms with E-state index in [0.717, 1.165) is 18.4 Å². The van der Waals surface area contributed by atoms with Gasteiger partial charge in [0, 0.05) is 6.26 Å². The van der Waals surface area contributed by atoms with Crippen molar-refractivity contribution in [2.24, 2.45) is 5.73 Å². The molecule has 2 aromatic rings. The van der Waals surface area contributed by atoms with E-state index in [1.54, 1.807) is 6.07 Å². The molecule has 0 saturated carbocycles. The van der Waals surface area contributed by atoms with Gasteiger partial charge in [-0.2, -0.15) is 15.2 Å². The molecule has 1 heterocycles. The lowest BCUT2D eigenvalue weighted by molar-refractivity contribution is -0.387. The molecule has 0 spiro atoms. The molecule has 32 heavy (non-hydrogen) atoms. The van der Waals surface area contributed by atoms with Crippen LogP contribution in [0, 0.1) is 21.4 Å². The number of amides is 1. The van der Waals surface area contributed by atoms with Crippen molar-refractivity contribution in [2.75, 3.05) is 19.5 Å². The number of nitrogens with zero attached hydrogens (tertiary/aromatic N) is 4. The third-order valence-corrected chi connectivity index (χ3v) is 4.37. The number of sulfone groups is 1. The zero-order valence-corrected chi connectivity index (χ0v) is 17.4. The van der Waals surface area contributed by atoms with Crippen molar-refractivity contribution in [3.8, 4) is 23.6 Å². The second-order valence-electron chi connectivity index (χ2n) is 5.88. The topological polar surface area (TPSA) is 215 Å². The Morgan fingerprint density at radius 1 is 1.28 bits per heavy atom. The molecule has 0 fully saturated rings. The van der Waals surface area contributed by atoms with Gasteiger partial charge in [0.25, 0.3) is 11.1 Å². The predicted octanol–water partition coefficient (Wildman–Crippen LogP) is 0.493. The standard InChI is InChI=1S/C17H15N5O9S/c1-3-29-12(23)8-30-15-13(22(25)26)16(21-17(20-15)32(2,27)28)31-11-6-9(7-18)4-5-10(11)14(19)24/h4-6H,3,8H2,1-2H3,(H2,19,24). The van der Waals surface area contributed by atoms with Crippen LogP contribution in [0.2, 0.25) is 0 Å². The van der Waals surface area contributed by atoms with Crippen LogP contribution in [-0.2, 0) is 19.4 Å². The highest BCUT2D eigenvalue weighted by Crippen LogP contribution is 2.38. The first-order chi connectivity index (χ1) is 15.0. The van der Waals surface area contributed by atoms with E-state index in [-0.39, 0.29) is 17.7 Å². The fraction of sp³-hybridized carbons (Fsp3) is 0.235. The Morgan fingerprint density at radius 2 is 1.94 bits per heavy atom. The smallest absolute Gasteiger partial charge is 0.392 e. The summed E-state index contributed by atoms with van der Waals surface area (Å²) in [6, 6.07) is 5.21. The van der Waals surface area contributed by atoms with Gasteiger partial charge in [0.1, 0.15) is 5.75 Å². The van der Waals surface area contributed by atoms with E-state index in [1.165, 1.54) is 13.0 Å². The molecule has 1 aromatic heterocycles. The van der Waals surface area contributed by atoms with Crippen molar-refractivity contribution < 1.29 is 37.1 Å². The van der Waals surface area contributed by atoms with Crippen molar-refractivity contribution in [2.45, 2.75) is 12.1 Å². The van der Waals surface area contributed by atoms with Crippen molar-refractivity contribution in [1.82, 2.24) is 9.97 Å². The summed E-state index contributed by atoms with van der Waals surface area (Å²) in [5, 5.41) is 19.8. The number of carbonyl (C=O) groups is 2. The average Bonchev–Trinajstić information content (AvgIpc) is 2.70. The lowest BCUT2D eigenvalue weighted by Gasteiger charge is -2.12. The maximum atomic E-state index is 12.0. The molecule has 2 rings (SSSR count). The highest BCUT2D eigenvalue weighted by molar-refractivity contribution is 7.90. The van der Waals surface area contributed by atoms with Crippen LogP contribution in [0.1, 0.15) is 22.8 Å². The number of primary amides is 1. The highest BCUT2D eigenvalue weighted by atomic mass is 32.2. The minimum Gasteiger partial charge on any atom is -0.463 e. The Hall–Kier alpha value is -4.32. The van der Waals surface area contributed by atoms with Crippen LogP contribution in [0.15, 0.2) is 23.4 Å². The number of ether oxygens (including phenoxy) is 3. The molecule has 1 amide bonds. The number of hydrogen-bond donors (Lipinski definition) is 1. The number of rotatable bonds is 9. The summed E-state index contributed by atoms with van der Waals surface area (Å²) < 4.78 is 38.9. The van der Waals surface area contributed by atoms with Crippen molar-refractivity contribution in [1.29, 1.82) is 5.26 Å². The fourth-order valence-corrected chi connectivity index (χ4v) is 2.70. The van der Waals surface area contributed by atoms with Crippen molar-refractivity contribution >= 4 is 27.4 Å². The van der Waals surface area contributed by atoms with Gasteiger partial charge in [-0.1, -0.05) is 0 Å². The minimum absolute atomic E-state index is 0.00212. The number of benzene rings is 1. The lowest BCUT2D eigenvalue weighted by Crippen LogP contribution is -2.17. The van der Waals surface area contributed by atoms with Crippen LogP contribution in [0.25, 0.3) is 0 Å². The number of nitriles is 1. The van der Waals surface area contributed by atoms with Crippen LogP contribution in [0.3, 0.4) is 0 Å². The predicted molar refractivity (Wildman–Crippen MR) is 104 cm³/mol. The number of esters is 1. The molecule has 0 saturated heterocycles. The zero-order chi connectivity index (χ0) is 24.1. The lowest BCUT2D eigenvalue weighted by atomic mass is 10.1. The molecule has 0 aliphatic carbocycles. The number of aromatic nitrogens is 2. The summed E-state index contributed by atoms with van der Waals surface area (Å²) in [6.07, 6.45) is 0.720. The van der Waals surface area contributed by atoms with Crippen LogP contribution in [0.4, 0.5) is 5.69 Å². The zero-order valence-electron chi connectivity index (χ0n) is 16.6. The van der Waals surface area contributed by atoms with Crippen LogP contribution in [0.5, 0.6) is 17.5 Å². The molecule has 0 unspecified atom stereocenters. The maximum absolute atomic E-state index is 12.0. The fourth-order valence-electron chi connectivity index (χ4n) is 2.20. The number of carbonyl (C=O) groups excluding carboxylic acids is 2. The number of hydrogen-bond acceptors (Lipinski definition) is 12. The summed E-state index contributed by atoms with van der Waals surface area (Å²) in [4.78, 5) is 40.9. The quantitative estimate of drug-likeness (QED) is 0.232. The molecule has 168 valence electrons. The Labute approximate surface area is 180 Å². The minimum atomic E-state index is -4.14. The van der Waals surface area contributed by atoms with E-state index in [1.807, 2.05) is 0 Å². The molecule has 14 nitrogen and oxygen atoms in total. The van der Waals surface area contributed by atoms with Gasteiger partial charge in [-0.05, 0) is 25.1 Å². The van der Waals surface area contributed by atoms with Crippen LogP contribution >= 0.6 is 0 Å². The summed E-state index contributed by atoms with van der Waals surface area (Å²) in [6.45, 7) is 0.692. The second-order valence-corrected chi connectivity index (χ2v) is 7.79. The Morgan fingerprint density at radius 3 is 2.47 bits per heavy atom. The van der Waals surface area contributed by atoms with Gasteiger partial charge < -0.3 is 19.9 Å². The van der Waals surface area contributed by atoms with Crippen LogP contribution in [-0.4, -0.2) is 54.7 Å². The highest BCUT2D eigenvalue weighted by Gasteiger charge is 2.32. The van der Waals surface area contributed by atoms with E-state index in [0.29, 0.717) is 0 Å². The average molecular weight is 465 g/mol. The summed E-state index contributed by atoms with van der Waals surface area (Å²) >= 11 is 0. The van der Waals surface area contributed by atoms with Gasteiger partial charge in [0.2, 0.25) is 9.84 Å². The third kappa shape index (κ3) is 5.64. The molecule has 0 bridgehead atoms. The molecule has 0 atom stereocenters. The summed E-state index contributed by atoms with van der Waals surface area (Å²) in [5.74, 6) is -4.13. The van der Waals surface area contributed by atoms with Crippen molar-refractivity contribution in [3.05, 3.63) is 39.4 Å². The van der Waals surface area contributed by atoms with Gasteiger partial charge in [-0.15, -0.1) is 0 Å². The van der Waals surface area contributed by atoms with Crippen LogP contribution < -0.4 is 15.2 Å². The maximum Gasteiger partial charge on any atom is 0.392 e. The molecule has 0 aliphatic rings. The Balaban J connectivity index is 2.69. The number of nitrogens with two attached hydrogens (primary N) is 1. The first-order valence-electron chi connectivity index (χ1n) is 8.54.